The molecule has 1 aromatic heterocycles. The van der Waals surface area contributed by atoms with Gasteiger partial charge in [-0.25, -0.2) is 4.98 Å². The van der Waals surface area contributed by atoms with E-state index in [1.807, 2.05) is 23.4 Å². The Balaban J connectivity index is 1.85. The molecule has 18 heavy (non-hydrogen) atoms. The molecule has 0 unspecified atom stereocenters. The van der Waals surface area contributed by atoms with E-state index >= 15 is 0 Å². The van der Waals surface area contributed by atoms with Crippen LogP contribution in [0.15, 0.2) is 11.6 Å². The van der Waals surface area contributed by atoms with Crippen molar-refractivity contribution in [2.45, 2.75) is 25.8 Å². The molecule has 0 aromatic carbocycles. The van der Waals surface area contributed by atoms with Crippen molar-refractivity contribution in [3.05, 3.63) is 11.6 Å². The van der Waals surface area contributed by atoms with Gasteiger partial charge in [0.2, 0.25) is 5.91 Å². The molecule has 1 fully saturated rings. The van der Waals surface area contributed by atoms with Crippen LogP contribution in [0.1, 0.15) is 19.8 Å². The highest BCUT2D eigenvalue weighted by atomic mass is 32.1. The second kappa shape index (κ2) is 6.15. The molecule has 0 bridgehead atoms. The Morgan fingerprint density at radius 3 is 2.78 bits per heavy atom. The first-order valence-corrected chi connectivity index (χ1v) is 7.29. The van der Waals surface area contributed by atoms with Crippen LogP contribution in [0, 0.1) is 0 Å². The molecule has 5 nitrogen and oxygen atoms in total. The van der Waals surface area contributed by atoms with Crippen molar-refractivity contribution in [2.24, 2.45) is 5.73 Å². The minimum absolute atomic E-state index is 0.0932. The highest BCUT2D eigenvalue weighted by Crippen LogP contribution is 2.19. The Bertz CT molecular complexity index is 373. The van der Waals surface area contributed by atoms with Gasteiger partial charge in [0.25, 0.3) is 0 Å². The fourth-order valence-electron chi connectivity index (χ4n) is 2.16. The lowest BCUT2D eigenvalue weighted by molar-refractivity contribution is -0.133. The first-order valence-electron chi connectivity index (χ1n) is 6.41. The fraction of sp³-hybridized carbons (Fsp3) is 0.667. The number of anilines is 1. The van der Waals surface area contributed by atoms with E-state index in [9.17, 15) is 4.79 Å². The zero-order chi connectivity index (χ0) is 13.0. The van der Waals surface area contributed by atoms with Crippen molar-refractivity contribution < 1.29 is 4.79 Å². The standard InChI is InChI=1S/C12H20N4OS/c1-2-3-10(13)11(17)15-5-7-16(8-6-15)12-14-4-9-18-12/h4,9-10H,2-3,5-8,13H2,1H3/t10-/m0/s1. The summed E-state index contributed by atoms with van der Waals surface area (Å²) in [4.78, 5) is 20.4. The van der Waals surface area contributed by atoms with E-state index in [0.717, 1.165) is 44.2 Å². The van der Waals surface area contributed by atoms with Crippen LogP contribution in [0.2, 0.25) is 0 Å². The van der Waals surface area contributed by atoms with Crippen molar-refractivity contribution in [3.63, 3.8) is 0 Å². The summed E-state index contributed by atoms with van der Waals surface area (Å²) in [5.41, 5.74) is 5.87. The molecule has 1 saturated heterocycles. The van der Waals surface area contributed by atoms with Crippen LogP contribution in [0.4, 0.5) is 5.13 Å². The lowest BCUT2D eigenvalue weighted by Gasteiger charge is -2.35. The van der Waals surface area contributed by atoms with Gasteiger partial charge in [-0.15, -0.1) is 11.3 Å². The van der Waals surface area contributed by atoms with E-state index in [0.29, 0.717) is 0 Å². The maximum absolute atomic E-state index is 12.1. The monoisotopic (exact) mass is 268 g/mol. The highest BCUT2D eigenvalue weighted by molar-refractivity contribution is 7.13. The summed E-state index contributed by atoms with van der Waals surface area (Å²) in [5, 5.41) is 3.02. The number of nitrogens with two attached hydrogens (primary N) is 1. The van der Waals surface area contributed by atoms with Gasteiger partial charge >= 0.3 is 0 Å². The Morgan fingerprint density at radius 2 is 2.22 bits per heavy atom. The number of amides is 1. The van der Waals surface area contributed by atoms with Gasteiger partial charge < -0.3 is 15.5 Å². The molecule has 1 aliphatic heterocycles. The molecule has 2 N–H and O–H groups in total. The van der Waals surface area contributed by atoms with E-state index < -0.39 is 0 Å². The van der Waals surface area contributed by atoms with Gasteiger partial charge in [-0.3, -0.25) is 4.79 Å². The van der Waals surface area contributed by atoms with Crippen molar-refractivity contribution in [2.75, 3.05) is 31.1 Å². The Morgan fingerprint density at radius 1 is 1.50 bits per heavy atom. The highest BCUT2D eigenvalue weighted by Gasteiger charge is 2.25. The summed E-state index contributed by atoms with van der Waals surface area (Å²) in [6.07, 6.45) is 3.53. The first kappa shape index (κ1) is 13.3. The SMILES string of the molecule is CCC[C@H](N)C(=O)N1CCN(c2nccs2)CC1. The molecule has 0 aliphatic carbocycles. The summed E-state index contributed by atoms with van der Waals surface area (Å²) in [5.74, 6) is 0.0932. The smallest absolute Gasteiger partial charge is 0.239 e. The van der Waals surface area contributed by atoms with Gasteiger partial charge in [-0.2, -0.15) is 0 Å². The van der Waals surface area contributed by atoms with E-state index in [-0.39, 0.29) is 11.9 Å². The maximum atomic E-state index is 12.1. The normalized spacial score (nSPS) is 17.9. The van der Waals surface area contributed by atoms with Crippen molar-refractivity contribution in [3.8, 4) is 0 Å². The van der Waals surface area contributed by atoms with Crippen LogP contribution in [0.25, 0.3) is 0 Å². The van der Waals surface area contributed by atoms with Gasteiger partial charge in [0.1, 0.15) is 0 Å². The predicted molar refractivity (Wildman–Crippen MR) is 73.8 cm³/mol. The van der Waals surface area contributed by atoms with E-state index in [4.69, 9.17) is 5.73 Å². The molecule has 1 atom stereocenters. The third-order valence-electron chi connectivity index (χ3n) is 3.20. The number of carbonyl (C=O) groups is 1. The zero-order valence-corrected chi connectivity index (χ0v) is 11.5. The second-order valence-corrected chi connectivity index (χ2v) is 5.40. The second-order valence-electron chi connectivity index (χ2n) is 4.52. The summed E-state index contributed by atoms with van der Waals surface area (Å²) in [6.45, 7) is 5.23. The molecule has 1 aliphatic rings. The third-order valence-corrected chi connectivity index (χ3v) is 4.03. The van der Waals surface area contributed by atoms with Gasteiger partial charge in [0, 0.05) is 37.8 Å². The first-order chi connectivity index (χ1) is 8.72. The number of hydrogen-bond acceptors (Lipinski definition) is 5. The molecule has 2 heterocycles. The summed E-state index contributed by atoms with van der Waals surface area (Å²) < 4.78 is 0. The van der Waals surface area contributed by atoms with E-state index in [1.54, 1.807) is 11.3 Å². The molecule has 1 amide bonds. The largest absolute Gasteiger partial charge is 0.345 e. The molecule has 0 spiro atoms. The van der Waals surface area contributed by atoms with Crippen LogP contribution in [-0.4, -0.2) is 48.0 Å². The molecular weight excluding hydrogens is 248 g/mol. The molecular formula is C12H20N4OS. The molecule has 2 rings (SSSR count). The van der Waals surface area contributed by atoms with Gasteiger partial charge in [0.15, 0.2) is 5.13 Å². The van der Waals surface area contributed by atoms with Crippen LogP contribution in [0.3, 0.4) is 0 Å². The number of carbonyl (C=O) groups excluding carboxylic acids is 1. The molecule has 1 aromatic rings. The molecule has 100 valence electrons. The quantitative estimate of drug-likeness (QED) is 0.882. The van der Waals surface area contributed by atoms with Gasteiger partial charge in [-0.1, -0.05) is 13.3 Å². The van der Waals surface area contributed by atoms with Crippen LogP contribution in [0.5, 0.6) is 0 Å². The topological polar surface area (TPSA) is 62.5 Å². The third kappa shape index (κ3) is 3.00. The minimum atomic E-state index is -0.332. The van der Waals surface area contributed by atoms with E-state index in [2.05, 4.69) is 9.88 Å². The van der Waals surface area contributed by atoms with E-state index in [1.165, 1.54) is 0 Å². The van der Waals surface area contributed by atoms with Crippen molar-refractivity contribution >= 4 is 22.4 Å². The van der Waals surface area contributed by atoms with Gasteiger partial charge in [-0.05, 0) is 6.42 Å². The van der Waals surface area contributed by atoms with Crippen LogP contribution >= 0.6 is 11.3 Å². The maximum Gasteiger partial charge on any atom is 0.239 e. The molecule has 6 heteroatoms. The average Bonchev–Trinajstić information content (AvgIpc) is 2.92. The Hall–Kier alpha value is -1.14. The summed E-state index contributed by atoms with van der Waals surface area (Å²) >= 11 is 1.64. The molecule has 0 radical (unpaired) electrons. The fourth-order valence-corrected chi connectivity index (χ4v) is 2.86. The lowest BCUT2D eigenvalue weighted by Crippen LogP contribution is -2.53. The number of rotatable bonds is 4. The predicted octanol–water partition coefficient (Wildman–Crippen LogP) is 0.919. The number of thiazole rings is 1. The number of hydrogen-bond donors (Lipinski definition) is 1. The number of nitrogens with zero attached hydrogens (tertiary/aromatic N) is 3. The lowest BCUT2D eigenvalue weighted by atomic mass is 10.1. The number of aromatic nitrogens is 1. The molecule has 0 saturated carbocycles. The minimum Gasteiger partial charge on any atom is -0.345 e. The van der Waals surface area contributed by atoms with Crippen molar-refractivity contribution in [1.82, 2.24) is 9.88 Å². The number of piperazine rings is 1. The average molecular weight is 268 g/mol. The van der Waals surface area contributed by atoms with Crippen LogP contribution < -0.4 is 10.6 Å². The zero-order valence-electron chi connectivity index (χ0n) is 10.7. The van der Waals surface area contributed by atoms with Gasteiger partial charge in [0.05, 0.1) is 6.04 Å². The van der Waals surface area contributed by atoms with Crippen LogP contribution in [-0.2, 0) is 4.79 Å². The summed E-state index contributed by atoms with van der Waals surface area (Å²) in [7, 11) is 0. The van der Waals surface area contributed by atoms with Crippen molar-refractivity contribution in [1.29, 1.82) is 0 Å². The summed E-state index contributed by atoms with van der Waals surface area (Å²) in [6, 6.07) is -0.332. The Kier molecular flexibility index (Phi) is 4.54. The Labute approximate surface area is 112 Å².